The number of rotatable bonds is 6. The number of nitrogens with one attached hydrogen (secondary N) is 1. The SMILES string of the molecule is CNC(C)(CO)CCCN1CCCCC1. The molecule has 0 spiro atoms. The molecule has 1 fully saturated rings. The second-order valence-electron chi connectivity index (χ2n) is 4.97. The van der Waals surface area contributed by atoms with Crippen molar-refractivity contribution >= 4 is 0 Å². The molecular formula is C12H26N2O. The molecule has 0 aromatic carbocycles. The van der Waals surface area contributed by atoms with Crippen LogP contribution < -0.4 is 5.32 Å². The van der Waals surface area contributed by atoms with Crippen LogP contribution in [0.5, 0.6) is 0 Å². The number of aliphatic hydroxyl groups is 1. The van der Waals surface area contributed by atoms with Crippen molar-refractivity contribution < 1.29 is 5.11 Å². The van der Waals surface area contributed by atoms with Crippen LogP contribution in [0, 0.1) is 0 Å². The molecule has 0 bridgehead atoms. The van der Waals surface area contributed by atoms with Gasteiger partial charge in [-0.1, -0.05) is 6.42 Å². The number of aliphatic hydroxyl groups excluding tert-OH is 1. The van der Waals surface area contributed by atoms with Crippen molar-refractivity contribution in [2.24, 2.45) is 0 Å². The third kappa shape index (κ3) is 4.49. The van der Waals surface area contributed by atoms with Gasteiger partial charge in [-0.3, -0.25) is 0 Å². The van der Waals surface area contributed by atoms with E-state index >= 15 is 0 Å². The summed E-state index contributed by atoms with van der Waals surface area (Å²) in [7, 11) is 1.93. The summed E-state index contributed by atoms with van der Waals surface area (Å²) < 4.78 is 0. The average molecular weight is 214 g/mol. The summed E-state index contributed by atoms with van der Waals surface area (Å²) in [4.78, 5) is 2.55. The van der Waals surface area contributed by atoms with Gasteiger partial charge in [0.25, 0.3) is 0 Å². The van der Waals surface area contributed by atoms with E-state index in [1.165, 1.54) is 45.3 Å². The van der Waals surface area contributed by atoms with Crippen LogP contribution in [0.15, 0.2) is 0 Å². The standard InChI is InChI=1S/C12H26N2O/c1-12(11-15,13-2)7-6-10-14-8-4-3-5-9-14/h13,15H,3-11H2,1-2H3. The highest BCUT2D eigenvalue weighted by molar-refractivity contribution is 4.80. The van der Waals surface area contributed by atoms with E-state index < -0.39 is 0 Å². The molecule has 0 aromatic rings. The zero-order chi connectivity index (χ0) is 11.1. The fraction of sp³-hybridized carbons (Fsp3) is 1.00. The summed E-state index contributed by atoms with van der Waals surface area (Å²) in [5, 5.41) is 12.4. The first-order chi connectivity index (χ1) is 7.20. The van der Waals surface area contributed by atoms with Crippen LogP contribution in [0.1, 0.15) is 39.0 Å². The van der Waals surface area contributed by atoms with Crippen LogP contribution in [-0.2, 0) is 0 Å². The highest BCUT2D eigenvalue weighted by atomic mass is 16.3. The Balaban J connectivity index is 2.14. The molecule has 15 heavy (non-hydrogen) atoms. The summed E-state index contributed by atoms with van der Waals surface area (Å²) in [6, 6.07) is 0. The minimum Gasteiger partial charge on any atom is -0.394 e. The van der Waals surface area contributed by atoms with E-state index in [1.807, 2.05) is 7.05 Å². The van der Waals surface area contributed by atoms with Gasteiger partial charge in [-0.2, -0.15) is 0 Å². The molecular weight excluding hydrogens is 188 g/mol. The quantitative estimate of drug-likeness (QED) is 0.698. The van der Waals surface area contributed by atoms with Crippen molar-refractivity contribution in [3.63, 3.8) is 0 Å². The molecule has 1 aliphatic heterocycles. The molecule has 0 aliphatic carbocycles. The maximum atomic E-state index is 9.25. The highest BCUT2D eigenvalue weighted by Gasteiger charge is 2.20. The first-order valence-electron chi connectivity index (χ1n) is 6.22. The maximum absolute atomic E-state index is 9.25. The molecule has 1 aliphatic rings. The van der Waals surface area contributed by atoms with Gasteiger partial charge in [0.2, 0.25) is 0 Å². The van der Waals surface area contributed by atoms with E-state index in [4.69, 9.17) is 0 Å². The Morgan fingerprint density at radius 3 is 2.47 bits per heavy atom. The number of nitrogens with zero attached hydrogens (tertiary/aromatic N) is 1. The Morgan fingerprint density at radius 1 is 1.27 bits per heavy atom. The molecule has 1 atom stereocenters. The zero-order valence-electron chi connectivity index (χ0n) is 10.3. The molecule has 2 N–H and O–H groups in total. The number of piperidine rings is 1. The largest absolute Gasteiger partial charge is 0.394 e. The smallest absolute Gasteiger partial charge is 0.0610 e. The average Bonchev–Trinajstić information content (AvgIpc) is 2.30. The Kier molecular flexibility index (Phi) is 5.58. The van der Waals surface area contributed by atoms with Crippen LogP contribution >= 0.6 is 0 Å². The van der Waals surface area contributed by atoms with E-state index in [0.29, 0.717) is 0 Å². The van der Waals surface area contributed by atoms with Crippen LogP contribution in [-0.4, -0.2) is 48.8 Å². The van der Waals surface area contributed by atoms with Gasteiger partial charge in [0, 0.05) is 5.54 Å². The van der Waals surface area contributed by atoms with Crippen molar-refractivity contribution in [2.45, 2.75) is 44.6 Å². The van der Waals surface area contributed by atoms with Crippen molar-refractivity contribution in [3.8, 4) is 0 Å². The third-order valence-electron chi connectivity index (χ3n) is 3.60. The lowest BCUT2D eigenvalue weighted by atomic mass is 9.97. The molecule has 1 rings (SSSR count). The number of likely N-dealkylation sites (tertiary alicyclic amines) is 1. The fourth-order valence-electron chi connectivity index (χ4n) is 2.16. The second kappa shape index (κ2) is 6.46. The minimum absolute atomic E-state index is 0.0875. The molecule has 0 radical (unpaired) electrons. The molecule has 3 heteroatoms. The zero-order valence-corrected chi connectivity index (χ0v) is 10.3. The summed E-state index contributed by atoms with van der Waals surface area (Å²) in [6.07, 6.45) is 6.36. The normalized spacial score (nSPS) is 22.6. The van der Waals surface area contributed by atoms with Gasteiger partial charge in [0.15, 0.2) is 0 Å². The predicted molar refractivity (Wildman–Crippen MR) is 64.1 cm³/mol. The van der Waals surface area contributed by atoms with Crippen LogP contribution in [0.25, 0.3) is 0 Å². The van der Waals surface area contributed by atoms with Crippen LogP contribution in [0.3, 0.4) is 0 Å². The highest BCUT2D eigenvalue weighted by Crippen LogP contribution is 2.14. The van der Waals surface area contributed by atoms with Crippen LogP contribution in [0.2, 0.25) is 0 Å². The van der Waals surface area contributed by atoms with E-state index in [0.717, 1.165) is 6.42 Å². The lowest BCUT2D eigenvalue weighted by molar-refractivity contribution is 0.159. The number of likely N-dealkylation sites (N-methyl/N-ethyl adjacent to an activating group) is 1. The third-order valence-corrected chi connectivity index (χ3v) is 3.60. The van der Waals surface area contributed by atoms with Crippen LogP contribution in [0.4, 0.5) is 0 Å². The van der Waals surface area contributed by atoms with Gasteiger partial charge < -0.3 is 15.3 Å². The predicted octanol–water partition coefficient (Wildman–Crippen LogP) is 1.22. The number of hydrogen-bond donors (Lipinski definition) is 2. The molecule has 0 saturated carbocycles. The molecule has 1 saturated heterocycles. The van der Waals surface area contributed by atoms with Crippen molar-refractivity contribution in [2.75, 3.05) is 33.3 Å². The molecule has 0 amide bonds. The first-order valence-corrected chi connectivity index (χ1v) is 6.22. The monoisotopic (exact) mass is 214 g/mol. The van der Waals surface area contributed by atoms with Crippen molar-refractivity contribution in [1.29, 1.82) is 0 Å². The van der Waals surface area contributed by atoms with Crippen molar-refractivity contribution in [3.05, 3.63) is 0 Å². The molecule has 1 unspecified atom stereocenters. The molecule has 3 nitrogen and oxygen atoms in total. The van der Waals surface area contributed by atoms with Gasteiger partial charge in [0.1, 0.15) is 0 Å². The van der Waals surface area contributed by atoms with E-state index in [2.05, 4.69) is 17.1 Å². The van der Waals surface area contributed by atoms with Crippen molar-refractivity contribution in [1.82, 2.24) is 10.2 Å². The van der Waals surface area contributed by atoms with Gasteiger partial charge in [-0.05, 0) is 59.3 Å². The van der Waals surface area contributed by atoms with E-state index in [1.54, 1.807) is 0 Å². The minimum atomic E-state index is -0.0875. The van der Waals surface area contributed by atoms with Gasteiger partial charge >= 0.3 is 0 Å². The second-order valence-corrected chi connectivity index (χ2v) is 4.97. The summed E-state index contributed by atoms with van der Waals surface area (Å²) in [5.74, 6) is 0. The summed E-state index contributed by atoms with van der Waals surface area (Å²) in [6.45, 7) is 6.05. The molecule has 1 heterocycles. The Bertz CT molecular complexity index is 163. The van der Waals surface area contributed by atoms with E-state index in [-0.39, 0.29) is 12.1 Å². The molecule has 90 valence electrons. The summed E-state index contributed by atoms with van der Waals surface area (Å²) in [5.41, 5.74) is -0.0875. The molecule has 0 aromatic heterocycles. The lowest BCUT2D eigenvalue weighted by Crippen LogP contribution is -2.44. The van der Waals surface area contributed by atoms with Gasteiger partial charge in [0.05, 0.1) is 6.61 Å². The first kappa shape index (κ1) is 12.9. The Morgan fingerprint density at radius 2 is 1.93 bits per heavy atom. The lowest BCUT2D eigenvalue weighted by Gasteiger charge is -2.30. The topological polar surface area (TPSA) is 35.5 Å². The Labute approximate surface area is 93.9 Å². The fourth-order valence-corrected chi connectivity index (χ4v) is 2.16. The Hall–Kier alpha value is -0.120. The maximum Gasteiger partial charge on any atom is 0.0610 e. The van der Waals surface area contributed by atoms with E-state index in [9.17, 15) is 5.11 Å². The van der Waals surface area contributed by atoms with Gasteiger partial charge in [-0.25, -0.2) is 0 Å². The summed E-state index contributed by atoms with van der Waals surface area (Å²) >= 11 is 0. The number of hydrogen-bond acceptors (Lipinski definition) is 3. The van der Waals surface area contributed by atoms with Gasteiger partial charge in [-0.15, -0.1) is 0 Å².